The zero-order chi connectivity index (χ0) is 14.6. The lowest BCUT2D eigenvalue weighted by Crippen LogP contribution is -2.50. The molecule has 1 aliphatic heterocycles. The van der Waals surface area contributed by atoms with E-state index in [2.05, 4.69) is 19.2 Å². The minimum atomic E-state index is -0.956. The molecule has 1 unspecified atom stereocenters. The van der Waals surface area contributed by atoms with Gasteiger partial charge in [-0.2, -0.15) is 0 Å². The van der Waals surface area contributed by atoms with Gasteiger partial charge in [0.05, 0.1) is 0 Å². The van der Waals surface area contributed by atoms with Gasteiger partial charge >= 0.3 is 12.0 Å². The number of nitrogens with one attached hydrogen (secondary N) is 1. The predicted molar refractivity (Wildman–Crippen MR) is 73.9 cm³/mol. The van der Waals surface area contributed by atoms with Gasteiger partial charge in [-0.3, -0.25) is 0 Å². The summed E-state index contributed by atoms with van der Waals surface area (Å²) in [7, 11) is 0. The van der Waals surface area contributed by atoms with Crippen LogP contribution < -0.4 is 5.32 Å². The highest BCUT2D eigenvalue weighted by Crippen LogP contribution is 2.23. The number of rotatable bonds is 5. The van der Waals surface area contributed by atoms with Crippen LogP contribution in [-0.2, 0) is 4.79 Å². The second-order valence-corrected chi connectivity index (χ2v) is 5.89. The SMILES string of the molecule is CC[C@H](C)[C@H](NC(=O)N1CCC(C(C)C)C1)C(=O)O. The second-order valence-electron chi connectivity index (χ2n) is 5.89. The molecule has 5 nitrogen and oxygen atoms in total. The van der Waals surface area contributed by atoms with Crippen molar-refractivity contribution in [1.82, 2.24) is 10.2 Å². The summed E-state index contributed by atoms with van der Waals surface area (Å²) in [4.78, 5) is 25.0. The predicted octanol–water partition coefficient (Wildman–Crippen LogP) is 2.17. The van der Waals surface area contributed by atoms with E-state index in [0.717, 1.165) is 25.9 Å². The van der Waals surface area contributed by atoms with Crippen molar-refractivity contribution >= 4 is 12.0 Å². The van der Waals surface area contributed by atoms with Gasteiger partial charge in [-0.05, 0) is 24.2 Å². The molecule has 110 valence electrons. The van der Waals surface area contributed by atoms with E-state index >= 15 is 0 Å². The summed E-state index contributed by atoms with van der Waals surface area (Å²) in [6, 6.07) is -1.04. The minimum absolute atomic E-state index is 0.0649. The highest BCUT2D eigenvalue weighted by atomic mass is 16.4. The third-order valence-corrected chi connectivity index (χ3v) is 4.21. The van der Waals surface area contributed by atoms with Crippen molar-refractivity contribution in [2.75, 3.05) is 13.1 Å². The van der Waals surface area contributed by atoms with Crippen LogP contribution in [0.15, 0.2) is 0 Å². The third-order valence-electron chi connectivity index (χ3n) is 4.21. The number of likely N-dealkylation sites (tertiary alicyclic amines) is 1. The van der Waals surface area contributed by atoms with E-state index < -0.39 is 12.0 Å². The highest BCUT2D eigenvalue weighted by Gasteiger charge is 2.31. The topological polar surface area (TPSA) is 69.6 Å². The molecule has 0 radical (unpaired) electrons. The van der Waals surface area contributed by atoms with Gasteiger partial charge in [0.15, 0.2) is 0 Å². The fourth-order valence-corrected chi connectivity index (χ4v) is 2.42. The van der Waals surface area contributed by atoms with Crippen LogP contribution in [0, 0.1) is 17.8 Å². The van der Waals surface area contributed by atoms with Gasteiger partial charge in [0.1, 0.15) is 6.04 Å². The molecule has 1 fully saturated rings. The zero-order valence-electron chi connectivity index (χ0n) is 12.3. The van der Waals surface area contributed by atoms with E-state index in [1.54, 1.807) is 4.90 Å². The van der Waals surface area contributed by atoms with Crippen molar-refractivity contribution in [2.45, 2.75) is 46.6 Å². The minimum Gasteiger partial charge on any atom is -0.480 e. The van der Waals surface area contributed by atoms with E-state index in [9.17, 15) is 14.7 Å². The molecular formula is C14H26N2O3. The molecule has 0 aromatic carbocycles. The van der Waals surface area contributed by atoms with E-state index in [-0.39, 0.29) is 11.9 Å². The Morgan fingerprint density at radius 3 is 2.42 bits per heavy atom. The van der Waals surface area contributed by atoms with Crippen LogP contribution >= 0.6 is 0 Å². The molecule has 1 saturated heterocycles. The normalized spacial score (nSPS) is 22.4. The Hall–Kier alpha value is -1.26. The van der Waals surface area contributed by atoms with E-state index in [1.807, 2.05) is 13.8 Å². The maximum absolute atomic E-state index is 12.1. The summed E-state index contributed by atoms with van der Waals surface area (Å²) in [5, 5.41) is 11.8. The summed E-state index contributed by atoms with van der Waals surface area (Å²) < 4.78 is 0. The Kier molecular flexibility index (Phi) is 5.63. The lowest BCUT2D eigenvalue weighted by Gasteiger charge is -2.24. The molecule has 2 amide bonds. The van der Waals surface area contributed by atoms with Crippen molar-refractivity contribution in [1.29, 1.82) is 0 Å². The quantitative estimate of drug-likeness (QED) is 0.804. The summed E-state index contributed by atoms with van der Waals surface area (Å²) in [5.41, 5.74) is 0. The maximum atomic E-state index is 12.1. The molecule has 1 aliphatic rings. The van der Waals surface area contributed by atoms with Crippen molar-refractivity contribution in [3.63, 3.8) is 0 Å². The molecule has 0 aromatic heterocycles. The molecule has 0 aromatic rings. The number of hydrogen-bond donors (Lipinski definition) is 2. The summed E-state index contributed by atoms with van der Waals surface area (Å²) in [6.45, 7) is 9.55. The van der Waals surface area contributed by atoms with Crippen LogP contribution in [0.4, 0.5) is 4.79 Å². The smallest absolute Gasteiger partial charge is 0.326 e. The van der Waals surface area contributed by atoms with Gasteiger partial charge in [0.25, 0.3) is 0 Å². The lowest BCUT2D eigenvalue weighted by atomic mass is 9.95. The van der Waals surface area contributed by atoms with Crippen LogP contribution in [0.25, 0.3) is 0 Å². The maximum Gasteiger partial charge on any atom is 0.326 e. The summed E-state index contributed by atoms with van der Waals surface area (Å²) in [5.74, 6) is 0.0625. The molecule has 0 aliphatic carbocycles. The first kappa shape index (κ1) is 15.8. The fraction of sp³-hybridized carbons (Fsp3) is 0.857. The molecule has 0 spiro atoms. The van der Waals surface area contributed by atoms with Crippen LogP contribution in [0.1, 0.15) is 40.5 Å². The molecule has 1 heterocycles. The molecule has 3 atom stereocenters. The van der Waals surface area contributed by atoms with Crippen LogP contribution in [-0.4, -0.2) is 41.1 Å². The van der Waals surface area contributed by atoms with Crippen LogP contribution in [0.2, 0.25) is 0 Å². The number of carboxylic acid groups (broad SMARTS) is 1. The number of carboxylic acids is 1. The summed E-state index contributed by atoms with van der Waals surface area (Å²) in [6.07, 6.45) is 1.73. The fourth-order valence-electron chi connectivity index (χ4n) is 2.42. The van der Waals surface area contributed by atoms with Crippen LogP contribution in [0.3, 0.4) is 0 Å². The Morgan fingerprint density at radius 2 is 2.00 bits per heavy atom. The largest absolute Gasteiger partial charge is 0.480 e. The van der Waals surface area contributed by atoms with E-state index in [1.165, 1.54) is 0 Å². The van der Waals surface area contributed by atoms with Crippen molar-refractivity contribution in [2.24, 2.45) is 17.8 Å². The standard InChI is InChI=1S/C14H26N2O3/c1-5-10(4)12(13(17)18)15-14(19)16-7-6-11(8-16)9(2)3/h9-12H,5-8H2,1-4H3,(H,15,19)(H,17,18)/t10-,11?,12-/m0/s1. The van der Waals surface area contributed by atoms with Gasteiger partial charge in [0.2, 0.25) is 0 Å². The Morgan fingerprint density at radius 1 is 1.37 bits per heavy atom. The van der Waals surface area contributed by atoms with Gasteiger partial charge < -0.3 is 15.3 Å². The van der Waals surface area contributed by atoms with E-state index in [4.69, 9.17) is 0 Å². The molecular weight excluding hydrogens is 244 g/mol. The molecule has 2 N–H and O–H groups in total. The number of aliphatic carboxylic acids is 1. The van der Waals surface area contributed by atoms with Gasteiger partial charge in [-0.15, -0.1) is 0 Å². The van der Waals surface area contributed by atoms with Gasteiger partial charge in [-0.25, -0.2) is 9.59 Å². The van der Waals surface area contributed by atoms with Gasteiger partial charge in [-0.1, -0.05) is 34.1 Å². The first-order valence-electron chi connectivity index (χ1n) is 7.15. The molecule has 19 heavy (non-hydrogen) atoms. The zero-order valence-corrected chi connectivity index (χ0v) is 12.3. The average molecular weight is 270 g/mol. The van der Waals surface area contributed by atoms with Crippen molar-refractivity contribution in [3.05, 3.63) is 0 Å². The van der Waals surface area contributed by atoms with Crippen molar-refractivity contribution < 1.29 is 14.7 Å². The highest BCUT2D eigenvalue weighted by molar-refractivity contribution is 5.82. The number of carbonyl (C=O) groups excluding carboxylic acids is 1. The first-order chi connectivity index (χ1) is 8.86. The number of amides is 2. The molecule has 1 rings (SSSR count). The third kappa shape index (κ3) is 4.11. The van der Waals surface area contributed by atoms with Crippen LogP contribution in [0.5, 0.6) is 0 Å². The molecule has 5 heteroatoms. The monoisotopic (exact) mass is 270 g/mol. The Bertz CT molecular complexity index is 331. The lowest BCUT2D eigenvalue weighted by molar-refractivity contribution is -0.140. The molecule has 0 bridgehead atoms. The average Bonchev–Trinajstić information content (AvgIpc) is 2.84. The summed E-state index contributed by atoms with van der Waals surface area (Å²) >= 11 is 0. The number of nitrogens with zero attached hydrogens (tertiary/aromatic N) is 1. The van der Waals surface area contributed by atoms with E-state index in [0.29, 0.717) is 11.8 Å². The van der Waals surface area contributed by atoms with Gasteiger partial charge in [0, 0.05) is 13.1 Å². The number of carbonyl (C=O) groups is 2. The number of urea groups is 1. The number of hydrogen-bond acceptors (Lipinski definition) is 2. The second kappa shape index (κ2) is 6.78. The Balaban J connectivity index is 2.56. The van der Waals surface area contributed by atoms with Crippen molar-refractivity contribution in [3.8, 4) is 0 Å². The molecule has 0 saturated carbocycles. The first-order valence-corrected chi connectivity index (χ1v) is 7.15. The Labute approximate surface area is 115 Å².